The number of rotatable bonds is 2. The molecule has 0 saturated carbocycles. The van der Waals surface area contributed by atoms with E-state index in [9.17, 15) is 0 Å². The van der Waals surface area contributed by atoms with Crippen LogP contribution in [-0.4, -0.2) is 39.3 Å². The van der Waals surface area contributed by atoms with Crippen molar-refractivity contribution in [3.05, 3.63) is 10.4 Å². The Bertz CT molecular complexity index is 566. The number of piperidine rings is 1. The van der Waals surface area contributed by atoms with E-state index in [0.717, 1.165) is 25.9 Å². The summed E-state index contributed by atoms with van der Waals surface area (Å²) in [7, 11) is 0. The van der Waals surface area contributed by atoms with Gasteiger partial charge in [-0.25, -0.2) is 0 Å². The van der Waals surface area contributed by atoms with Crippen LogP contribution in [0.3, 0.4) is 0 Å². The van der Waals surface area contributed by atoms with E-state index in [4.69, 9.17) is 23.2 Å². The van der Waals surface area contributed by atoms with Gasteiger partial charge in [0.25, 0.3) is 0 Å². The summed E-state index contributed by atoms with van der Waals surface area (Å²) < 4.78 is 0. The molecule has 2 aromatic rings. The van der Waals surface area contributed by atoms with Crippen LogP contribution >= 0.6 is 35.6 Å². The second kappa shape index (κ2) is 6.09. The normalized spacial score (nSPS) is 19.2. The predicted molar refractivity (Wildman–Crippen MR) is 78.5 cm³/mol. The summed E-state index contributed by atoms with van der Waals surface area (Å²) in [5.74, 6) is 0.637. The van der Waals surface area contributed by atoms with Crippen molar-refractivity contribution >= 4 is 52.5 Å². The quantitative estimate of drug-likeness (QED) is 0.739. The van der Waals surface area contributed by atoms with Crippen LogP contribution in [0.25, 0.3) is 11.0 Å². The highest BCUT2D eigenvalue weighted by molar-refractivity contribution is 6.35. The lowest BCUT2D eigenvalue weighted by Gasteiger charge is -2.24. The van der Waals surface area contributed by atoms with E-state index < -0.39 is 0 Å². The first kappa shape index (κ1) is 14.6. The van der Waals surface area contributed by atoms with Gasteiger partial charge in [-0.05, 0) is 31.0 Å². The molecule has 0 aromatic carbocycles. The molecule has 1 atom stereocenters. The van der Waals surface area contributed by atoms with E-state index in [-0.39, 0.29) is 17.7 Å². The van der Waals surface area contributed by atoms with Crippen LogP contribution in [0.15, 0.2) is 0 Å². The van der Waals surface area contributed by atoms with E-state index in [1.54, 1.807) is 0 Å². The first-order valence-electron chi connectivity index (χ1n) is 5.78. The molecule has 1 fully saturated rings. The fourth-order valence-electron chi connectivity index (χ4n) is 2.14. The van der Waals surface area contributed by atoms with Gasteiger partial charge in [0.05, 0.1) is 0 Å². The van der Waals surface area contributed by atoms with Gasteiger partial charge in [0, 0.05) is 12.6 Å². The number of nitrogens with one attached hydrogen (secondary N) is 3. The highest BCUT2D eigenvalue weighted by atomic mass is 35.5. The van der Waals surface area contributed by atoms with Gasteiger partial charge < -0.3 is 10.6 Å². The number of halogens is 3. The van der Waals surface area contributed by atoms with E-state index in [2.05, 4.69) is 30.8 Å². The lowest BCUT2D eigenvalue weighted by molar-refractivity contribution is 0.479. The summed E-state index contributed by atoms with van der Waals surface area (Å²) in [5, 5.41) is 14.6. The number of aromatic amines is 1. The van der Waals surface area contributed by atoms with Gasteiger partial charge in [0.1, 0.15) is 16.4 Å². The summed E-state index contributed by atoms with van der Waals surface area (Å²) in [6, 6.07) is 0.318. The molecule has 2 aromatic heterocycles. The minimum Gasteiger partial charge on any atom is -0.365 e. The summed E-state index contributed by atoms with van der Waals surface area (Å²) >= 11 is 11.9. The molecule has 104 valence electrons. The fourth-order valence-corrected chi connectivity index (χ4v) is 2.52. The Labute approximate surface area is 126 Å². The third-order valence-electron chi connectivity index (χ3n) is 2.98. The molecule has 0 bridgehead atoms. The molecule has 0 unspecified atom stereocenters. The smallest absolute Gasteiger partial charge is 0.226 e. The largest absolute Gasteiger partial charge is 0.365 e. The summed E-state index contributed by atoms with van der Waals surface area (Å²) in [6.45, 7) is 1.96. The van der Waals surface area contributed by atoms with Crippen LogP contribution in [0.1, 0.15) is 12.8 Å². The van der Waals surface area contributed by atoms with Gasteiger partial charge in [-0.15, -0.1) is 12.4 Å². The number of aromatic nitrogens is 4. The predicted octanol–water partition coefficient (Wildman–Crippen LogP) is 2.25. The summed E-state index contributed by atoms with van der Waals surface area (Å²) in [4.78, 5) is 8.22. The Morgan fingerprint density at radius 3 is 2.84 bits per heavy atom. The molecule has 19 heavy (non-hydrogen) atoms. The van der Waals surface area contributed by atoms with E-state index in [0.29, 0.717) is 28.0 Å². The molecule has 1 saturated heterocycles. The van der Waals surface area contributed by atoms with Crippen LogP contribution < -0.4 is 10.6 Å². The third kappa shape index (κ3) is 3.02. The van der Waals surface area contributed by atoms with Crippen molar-refractivity contribution in [1.29, 1.82) is 0 Å². The second-order valence-corrected chi connectivity index (χ2v) is 4.98. The molecule has 0 amide bonds. The van der Waals surface area contributed by atoms with Crippen LogP contribution in [-0.2, 0) is 0 Å². The van der Waals surface area contributed by atoms with E-state index in [1.807, 2.05) is 0 Å². The van der Waals surface area contributed by atoms with Crippen LogP contribution in [0.4, 0.5) is 5.82 Å². The van der Waals surface area contributed by atoms with Crippen LogP contribution in [0, 0.1) is 0 Å². The topological polar surface area (TPSA) is 78.5 Å². The third-order valence-corrected chi connectivity index (χ3v) is 3.42. The first-order valence-corrected chi connectivity index (χ1v) is 6.54. The average molecular weight is 324 g/mol. The minimum absolute atomic E-state index is 0. The number of H-pyrrole nitrogens is 1. The molecule has 3 heterocycles. The van der Waals surface area contributed by atoms with Gasteiger partial charge in [-0.2, -0.15) is 15.1 Å². The average Bonchev–Trinajstić information content (AvgIpc) is 2.72. The van der Waals surface area contributed by atoms with E-state index >= 15 is 0 Å². The molecule has 6 nitrogen and oxygen atoms in total. The standard InChI is InChI=1S/C10H12Cl2N6.ClH/c11-7-6-8(14-5-2-1-3-13-4-5)15-10(12)16-9(6)18-17-7;/h5,13H,1-4H2,(H2,14,15,16,17,18);1H/t5-;/m0./s1. The van der Waals surface area contributed by atoms with Crippen molar-refractivity contribution in [2.24, 2.45) is 0 Å². The van der Waals surface area contributed by atoms with Gasteiger partial charge in [-0.3, -0.25) is 5.10 Å². The fraction of sp³-hybridized carbons (Fsp3) is 0.500. The lowest BCUT2D eigenvalue weighted by Crippen LogP contribution is -2.38. The molecule has 1 aliphatic rings. The Kier molecular flexibility index (Phi) is 4.67. The first-order chi connectivity index (χ1) is 8.74. The number of anilines is 1. The number of hydrogen-bond donors (Lipinski definition) is 3. The van der Waals surface area contributed by atoms with Gasteiger partial charge >= 0.3 is 0 Å². The Morgan fingerprint density at radius 2 is 2.11 bits per heavy atom. The van der Waals surface area contributed by atoms with Crippen molar-refractivity contribution in [2.45, 2.75) is 18.9 Å². The molecular weight excluding hydrogens is 311 g/mol. The maximum absolute atomic E-state index is 6.05. The SMILES string of the molecule is Cl.Clc1nc(N[C@H]2CCCNC2)c2c(Cl)[nH]nc2n1. The zero-order chi connectivity index (χ0) is 12.5. The molecule has 0 aliphatic carbocycles. The number of nitrogens with zero attached hydrogens (tertiary/aromatic N) is 3. The van der Waals surface area contributed by atoms with Gasteiger partial charge in [-0.1, -0.05) is 11.6 Å². The Hall–Kier alpha value is -0.820. The zero-order valence-electron chi connectivity index (χ0n) is 9.91. The van der Waals surface area contributed by atoms with Crippen molar-refractivity contribution < 1.29 is 0 Å². The number of hydrogen-bond acceptors (Lipinski definition) is 5. The Morgan fingerprint density at radius 1 is 1.26 bits per heavy atom. The molecule has 3 N–H and O–H groups in total. The second-order valence-electron chi connectivity index (χ2n) is 4.27. The lowest BCUT2D eigenvalue weighted by atomic mass is 10.1. The van der Waals surface area contributed by atoms with Gasteiger partial charge in [0.15, 0.2) is 5.65 Å². The minimum atomic E-state index is 0. The summed E-state index contributed by atoms with van der Waals surface area (Å²) in [6.07, 6.45) is 2.23. The Balaban J connectivity index is 0.00000133. The molecule has 3 rings (SSSR count). The highest BCUT2D eigenvalue weighted by Gasteiger charge is 2.18. The van der Waals surface area contributed by atoms with Crippen molar-refractivity contribution in [1.82, 2.24) is 25.5 Å². The maximum atomic E-state index is 6.05. The summed E-state index contributed by atoms with van der Waals surface area (Å²) in [5.41, 5.74) is 0.478. The van der Waals surface area contributed by atoms with Crippen LogP contribution in [0.5, 0.6) is 0 Å². The maximum Gasteiger partial charge on any atom is 0.226 e. The van der Waals surface area contributed by atoms with Crippen molar-refractivity contribution in [2.75, 3.05) is 18.4 Å². The van der Waals surface area contributed by atoms with Crippen molar-refractivity contribution in [3.63, 3.8) is 0 Å². The van der Waals surface area contributed by atoms with E-state index in [1.165, 1.54) is 0 Å². The number of fused-ring (bicyclic) bond motifs is 1. The molecule has 0 radical (unpaired) electrons. The molecule has 9 heteroatoms. The molecule has 0 spiro atoms. The van der Waals surface area contributed by atoms with Crippen molar-refractivity contribution in [3.8, 4) is 0 Å². The van der Waals surface area contributed by atoms with Crippen LogP contribution in [0.2, 0.25) is 10.4 Å². The van der Waals surface area contributed by atoms with Gasteiger partial charge in [0.2, 0.25) is 5.28 Å². The highest BCUT2D eigenvalue weighted by Crippen LogP contribution is 2.27. The zero-order valence-corrected chi connectivity index (χ0v) is 12.2. The monoisotopic (exact) mass is 322 g/mol. The molecular formula is C10H13Cl3N6. The molecule has 1 aliphatic heterocycles.